The number of hydrogen-bond donors (Lipinski definition) is 0. The van der Waals surface area contributed by atoms with Gasteiger partial charge in [0.05, 0.1) is 0 Å². The second-order valence-corrected chi connectivity index (χ2v) is 3.75. The van der Waals surface area contributed by atoms with Gasteiger partial charge in [-0.3, -0.25) is 0 Å². The van der Waals surface area contributed by atoms with E-state index in [1.807, 2.05) is 45.1 Å². The van der Waals surface area contributed by atoms with Crippen molar-refractivity contribution in [3.63, 3.8) is 0 Å². The van der Waals surface area contributed by atoms with Gasteiger partial charge in [0, 0.05) is 18.4 Å². The lowest BCUT2D eigenvalue weighted by Gasteiger charge is -2.23. The van der Waals surface area contributed by atoms with E-state index < -0.39 is 0 Å². The van der Waals surface area contributed by atoms with E-state index in [9.17, 15) is 0 Å². The second kappa shape index (κ2) is 11.7. The standard InChI is InChI=1S/C15H23N.C2H4/c1-7-9-11-14(5)16(6)15(13(3)4)12-10-8-2;1-2/h7-12H,3H2,1-2,4-6H3;1-2H2/b9-7-,10-8-,14-11+,15-12+;. The molecule has 0 aliphatic heterocycles. The van der Waals surface area contributed by atoms with E-state index in [4.69, 9.17) is 0 Å². The van der Waals surface area contributed by atoms with Crippen molar-refractivity contribution in [1.82, 2.24) is 4.90 Å². The Kier molecular flexibility index (Phi) is 12.1. The number of nitrogens with zero attached hydrogens (tertiary/aromatic N) is 1. The molecular weight excluding hydrogens is 218 g/mol. The van der Waals surface area contributed by atoms with Gasteiger partial charge in [0.15, 0.2) is 0 Å². The normalized spacial score (nSPS) is 12.5. The number of rotatable bonds is 5. The predicted molar refractivity (Wildman–Crippen MR) is 85.3 cm³/mol. The number of hydrogen-bond acceptors (Lipinski definition) is 1. The molecule has 0 aromatic carbocycles. The molecule has 0 aliphatic carbocycles. The fourth-order valence-electron chi connectivity index (χ4n) is 1.27. The summed E-state index contributed by atoms with van der Waals surface area (Å²) in [5.41, 5.74) is 3.39. The van der Waals surface area contributed by atoms with E-state index in [0.717, 1.165) is 11.3 Å². The minimum atomic E-state index is 1.06. The van der Waals surface area contributed by atoms with Crippen LogP contribution < -0.4 is 0 Å². The van der Waals surface area contributed by atoms with Gasteiger partial charge in [-0.25, -0.2) is 0 Å². The zero-order valence-electron chi connectivity index (χ0n) is 12.5. The maximum Gasteiger partial charge on any atom is 0.0429 e. The first-order chi connectivity index (χ1) is 8.54. The average molecular weight is 245 g/mol. The Hall–Kier alpha value is -1.76. The molecule has 0 rings (SSSR count). The van der Waals surface area contributed by atoms with Gasteiger partial charge in [0.1, 0.15) is 0 Å². The van der Waals surface area contributed by atoms with E-state index in [0.29, 0.717) is 0 Å². The van der Waals surface area contributed by atoms with Crippen molar-refractivity contribution >= 4 is 0 Å². The smallest absolute Gasteiger partial charge is 0.0429 e. The molecule has 0 N–H and O–H groups in total. The molecule has 0 aliphatic rings. The molecule has 0 heterocycles. The monoisotopic (exact) mass is 245 g/mol. The fourth-order valence-corrected chi connectivity index (χ4v) is 1.27. The minimum Gasteiger partial charge on any atom is -0.348 e. The summed E-state index contributed by atoms with van der Waals surface area (Å²) in [7, 11) is 2.05. The Balaban J connectivity index is 0. The van der Waals surface area contributed by atoms with E-state index in [1.54, 1.807) is 0 Å². The number of likely N-dealkylation sites (N-methyl/N-ethyl adjacent to an activating group) is 1. The highest BCUT2D eigenvalue weighted by Gasteiger charge is 2.05. The van der Waals surface area contributed by atoms with Crippen LogP contribution in [0.2, 0.25) is 0 Å². The summed E-state index contributed by atoms with van der Waals surface area (Å²) in [5.74, 6) is 0. The molecule has 0 aromatic heterocycles. The van der Waals surface area contributed by atoms with Gasteiger partial charge >= 0.3 is 0 Å². The average Bonchev–Trinajstić information content (AvgIpc) is 2.38. The van der Waals surface area contributed by atoms with Crippen LogP contribution in [-0.4, -0.2) is 11.9 Å². The zero-order valence-corrected chi connectivity index (χ0v) is 12.5. The van der Waals surface area contributed by atoms with E-state index in [-0.39, 0.29) is 0 Å². The van der Waals surface area contributed by atoms with Crippen LogP contribution >= 0.6 is 0 Å². The summed E-state index contributed by atoms with van der Waals surface area (Å²) in [4.78, 5) is 2.14. The maximum absolute atomic E-state index is 4.00. The van der Waals surface area contributed by atoms with Crippen LogP contribution in [0.1, 0.15) is 27.7 Å². The van der Waals surface area contributed by atoms with Crippen molar-refractivity contribution in [2.45, 2.75) is 27.7 Å². The molecule has 0 bridgehead atoms. The first-order valence-electron chi connectivity index (χ1n) is 6.06. The van der Waals surface area contributed by atoms with Crippen molar-refractivity contribution in [2.75, 3.05) is 7.05 Å². The van der Waals surface area contributed by atoms with Crippen molar-refractivity contribution in [1.29, 1.82) is 0 Å². The highest BCUT2D eigenvalue weighted by atomic mass is 15.1. The Morgan fingerprint density at radius 2 is 1.39 bits per heavy atom. The Bertz CT molecular complexity index is 354. The third-order valence-electron chi connectivity index (χ3n) is 2.30. The van der Waals surface area contributed by atoms with Gasteiger partial charge in [-0.15, -0.1) is 13.2 Å². The van der Waals surface area contributed by atoms with Crippen LogP contribution in [0.5, 0.6) is 0 Å². The van der Waals surface area contributed by atoms with Crippen molar-refractivity contribution in [2.24, 2.45) is 0 Å². The quantitative estimate of drug-likeness (QED) is 0.473. The van der Waals surface area contributed by atoms with Crippen LogP contribution in [-0.2, 0) is 0 Å². The van der Waals surface area contributed by atoms with Crippen LogP contribution in [0.15, 0.2) is 73.2 Å². The molecule has 0 aromatic rings. The lowest BCUT2D eigenvalue weighted by molar-refractivity contribution is 0.530. The van der Waals surface area contributed by atoms with Gasteiger partial charge in [-0.1, -0.05) is 30.9 Å². The molecule has 0 fully saturated rings. The molecular formula is C17H27N. The summed E-state index contributed by atoms with van der Waals surface area (Å²) in [6.45, 7) is 18.1. The van der Waals surface area contributed by atoms with Crippen LogP contribution in [0.25, 0.3) is 0 Å². The maximum atomic E-state index is 4.00. The van der Waals surface area contributed by atoms with Crippen LogP contribution in [0.4, 0.5) is 0 Å². The lowest BCUT2D eigenvalue weighted by Crippen LogP contribution is -2.15. The van der Waals surface area contributed by atoms with Crippen molar-refractivity contribution < 1.29 is 0 Å². The Labute approximate surface area is 113 Å². The molecule has 0 spiro atoms. The number of allylic oxidation sites excluding steroid dienone is 8. The van der Waals surface area contributed by atoms with Crippen molar-refractivity contribution in [3.8, 4) is 0 Å². The molecule has 0 radical (unpaired) electrons. The SMILES string of the molecule is C=C.C=C(C)/C(=C\C=C/C)N(C)/C(C)=C/C=C\C. The highest BCUT2D eigenvalue weighted by molar-refractivity contribution is 5.32. The lowest BCUT2D eigenvalue weighted by atomic mass is 10.2. The third-order valence-corrected chi connectivity index (χ3v) is 2.30. The molecule has 0 saturated carbocycles. The summed E-state index contributed by atoms with van der Waals surface area (Å²) in [5, 5.41) is 0. The molecule has 0 atom stereocenters. The zero-order chi connectivity index (χ0) is 14.6. The van der Waals surface area contributed by atoms with Gasteiger partial charge < -0.3 is 4.90 Å². The van der Waals surface area contributed by atoms with E-state index >= 15 is 0 Å². The molecule has 1 heteroatoms. The largest absolute Gasteiger partial charge is 0.348 e. The fraction of sp³-hybridized carbons (Fsp3) is 0.294. The highest BCUT2D eigenvalue weighted by Crippen LogP contribution is 2.16. The van der Waals surface area contributed by atoms with E-state index in [1.165, 1.54) is 5.70 Å². The predicted octanol–water partition coefficient (Wildman–Crippen LogP) is 5.24. The first-order valence-corrected chi connectivity index (χ1v) is 6.06. The molecule has 1 nitrogen and oxygen atoms in total. The van der Waals surface area contributed by atoms with Gasteiger partial charge in [-0.05, 0) is 45.4 Å². The van der Waals surface area contributed by atoms with Gasteiger partial charge in [-0.2, -0.15) is 0 Å². The third kappa shape index (κ3) is 7.50. The van der Waals surface area contributed by atoms with Crippen LogP contribution in [0.3, 0.4) is 0 Å². The van der Waals surface area contributed by atoms with Crippen molar-refractivity contribution in [3.05, 3.63) is 73.2 Å². The molecule has 0 saturated heterocycles. The first kappa shape index (κ1) is 18.6. The second-order valence-electron chi connectivity index (χ2n) is 3.75. The molecule has 100 valence electrons. The van der Waals surface area contributed by atoms with Gasteiger partial charge in [0.25, 0.3) is 0 Å². The van der Waals surface area contributed by atoms with Crippen LogP contribution in [0, 0.1) is 0 Å². The molecule has 0 unspecified atom stereocenters. The van der Waals surface area contributed by atoms with Gasteiger partial charge in [0.2, 0.25) is 0 Å². The summed E-state index contributed by atoms with van der Waals surface area (Å²) >= 11 is 0. The summed E-state index contributed by atoms with van der Waals surface area (Å²) < 4.78 is 0. The summed E-state index contributed by atoms with van der Waals surface area (Å²) in [6, 6.07) is 0. The topological polar surface area (TPSA) is 3.24 Å². The Morgan fingerprint density at radius 1 is 0.944 bits per heavy atom. The molecule has 0 amide bonds. The van der Waals surface area contributed by atoms with E-state index in [2.05, 4.69) is 50.8 Å². The molecule has 18 heavy (non-hydrogen) atoms. The summed E-state index contributed by atoms with van der Waals surface area (Å²) in [6.07, 6.45) is 12.3. The minimum absolute atomic E-state index is 1.06. The Morgan fingerprint density at radius 3 is 1.78 bits per heavy atom.